The topological polar surface area (TPSA) is 60.9 Å². The van der Waals surface area contributed by atoms with Crippen LogP contribution in [0.2, 0.25) is 0 Å². The van der Waals surface area contributed by atoms with E-state index in [0.717, 1.165) is 44.3 Å². The molecule has 0 aromatic heterocycles. The van der Waals surface area contributed by atoms with Crippen LogP contribution in [0.3, 0.4) is 0 Å². The number of carbonyl (C=O) groups excluding carboxylic acids is 1. The number of likely N-dealkylation sites (tertiary alicyclic amines) is 1. The van der Waals surface area contributed by atoms with Crippen molar-refractivity contribution >= 4 is 15.9 Å². The summed E-state index contributed by atoms with van der Waals surface area (Å²) in [6.07, 6.45) is 3.45. The molecule has 7 heteroatoms. The number of rotatable bonds is 4. The van der Waals surface area contributed by atoms with Crippen LogP contribution in [0.25, 0.3) is 0 Å². The van der Waals surface area contributed by atoms with Gasteiger partial charge in [-0.1, -0.05) is 17.7 Å². The summed E-state index contributed by atoms with van der Waals surface area (Å²) in [5, 5.41) is 0. The number of carbonyl (C=O) groups is 1. The number of piperidine rings is 2. The third-order valence-corrected chi connectivity index (χ3v) is 7.85. The first-order chi connectivity index (χ1) is 12.8. The molecule has 2 aliphatic heterocycles. The van der Waals surface area contributed by atoms with Crippen molar-refractivity contribution in [3.63, 3.8) is 0 Å². The lowest BCUT2D eigenvalue weighted by atomic mass is 9.96. The van der Waals surface area contributed by atoms with Gasteiger partial charge in [-0.15, -0.1) is 0 Å². The third kappa shape index (κ3) is 4.52. The minimum atomic E-state index is -3.55. The molecular formula is C20H31N3O3S. The number of sulfonamides is 1. The van der Waals surface area contributed by atoms with E-state index in [-0.39, 0.29) is 24.4 Å². The fourth-order valence-electron chi connectivity index (χ4n) is 4.07. The molecule has 2 fully saturated rings. The summed E-state index contributed by atoms with van der Waals surface area (Å²) >= 11 is 0. The van der Waals surface area contributed by atoms with Crippen LogP contribution in [-0.4, -0.2) is 74.7 Å². The van der Waals surface area contributed by atoms with Gasteiger partial charge in [-0.3, -0.25) is 4.79 Å². The van der Waals surface area contributed by atoms with E-state index in [4.69, 9.17) is 0 Å². The summed E-state index contributed by atoms with van der Waals surface area (Å²) < 4.78 is 27.4. The van der Waals surface area contributed by atoms with Crippen LogP contribution in [0.4, 0.5) is 0 Å². The molecule has 0 N–H and O–H groups in total. The number of aryl methyl sites for hydroxylation is 1. The van der Waals surface area contributed by atoms with Gasteiger partial charge in [0, 0.05) is 26.2 Å². The minimum Gasteiger partial charge on any atom is -0.342 e. The number of benzene rings is 1. The summed E-state index contributed by atoms with van der Waals surface area (Å²) in [6.45, 7) is 4.70. The van der Waals surface area contributed by atoms with E-state index >= 15 is 0 Å². The number of amides is 1. The third-order valence-electron chi connectivity index (χ3n) is 5.98. The number of nitrogens with zero attached hydrogens (tertiary/aromatic N) is 3. The molecule has 3 rings (SSSR count). The molecule has 0 aliphatic carbocycles. The molecule has 0 bridgehead atoms. The van der Waals surface area contributed by atoms with Crippen LogP contribution in [-0.2, 0) is 14.8 Å². The summed E-state index contributed by atoms with van der Waals surface area (Å²) in [5.41, 5.74) is 1.03. The Balaban J connectivity index is 1.68. The second-order valence-electron chi connectivity index (χ2n) is 8.00. The Labute approximate surface area is 163 Å². The highest BCUT2D eigenvalue weighted by Crippen LogP contribution is 2.26. The molecule has 2 aliphatic rings. The van der Waals surface area contributed by atoms with Gasteiger partial charge in [0.05, 0.1) is 10.8 Å². The van der Waals surface area contributed by atoms with Crippen molar-refractivity contribution in [2.45, 2.75) is 43.5 Å². The van der Waals surface area contributed by atoms with E-state index in [2.05, 4.69) is 11.9 Å². The quantitative estimate of drug-likeness (QED) is 0.784. The molecule has 2 heterocycles. The van der Waals surface area contributed by atoms with E-state index in [1.165, 1.54) is 4.31 Å². The van der Waals surface area contributed by atoms with Gasteiger partial charge in [0.25, 0.3) is 0 Å². The standard InChI is InChI=1S/C20H31N3O3S/c1-16-6-8-19(9-7-16)27(25,26)23-12-4-5-17(15-23)20(24)22(3)18-10-13-21(2)14-11-18/h6-9,17-18H,4-5,10-15H2,1-3H3/t17-/m1/s1. The molecule has 0 radical (unpaired) electrons. The van der Waals surface area contributed by atoms with Crippen molar-refractivity contribution in [1.82, 2.24) is 14.1 Å². The monoisotopic (exact) mass is 393 g/mol. The molecule has 1 amide bonds. The highest BCUT2D eigenvalue weighted by Gasteiger charge is 2.36. The molecule has 0 saturated carbocycles. The average Bonchev–Trinajstić information content (AvgIpc) is 2.68. The normalized spacial score (nSPS) is 23.3. The van der Waals surface area contributed by atoms with Crippen molar-refractivity contribution in [3.8, 4) is 0 Å². The van der Waals surface area contributed by atoms with Gasteiger partial charge in [-0.2, -0.15) is 4.31 Å². The van der Waals surface area contributed by atoms with E-state index < -0.39 is 10.0 Å². The molecule has 0 spiro atoms. The van der Waals surface area contributed by atoms with Gasteiger partial charge in [0.15, 0.2) is 0 Å². The lowest BCUT2D eigenvalue weighted by molar-refractivity contribution is -0.138. The lowest BCUT2D eigenvalue weighted by Gasteiger charge is -2.38. The summed E-state index contributed by atoms with van der Waals surface area (Å²) in [5.74, 6) is -0.156. The molecule has 2 saturated heterocycles. The van der Waals surface area contributed by atoms with Gasteiger partial charge in [0.1, 0.15) is 0 Å². The highest BCUT2D eigenvalue weighted by atomic mass is 32.2. The van der Waals surface area contributed by atoms with Crippen molar-refractivity contribution in [3.05, 3.63) is 29.8 Å². The SMILES string of the molecule is Cc1ccc(S(=O)(=O)N2CCC[C@@H](C(=O)N(C)C3CCN(C)CC3)C2)cc1. The van der Waals surface area contributed by atoms with E-state index in [0.29, 0.717) is 11.4 Å². The van der Waals surface area contributed by atoms with E-state index in [1.54, 1.807) is 12.1 Å². The van der Waals surface area contributed by atoms with Crippen LogP contribution in [0.1, 0.15) is 31.2 Å². The molecule has 1 atom stereocenters. The second kappa shape index (κ2) is 8.29. The van der Waals surface area contributed by atoms with Gasteiger partial charge >= 0.3 is 0 Å². The first-order valence-corrected chi connectivity index (χ1v) is 11.2. The highest BCUT2D eigenvalue weighted by molar-refractivity contribution is 7.89. The van der Waals surface area contributed by atoms with Crippen LogP contribution in [0.5, 0.6) is 0 Å². The zero-order valence-corrected chi connectivity index (χ0v) is 17.4. The molecule has 1 aromatic rings. The first kappa shape index (κ1) is 20.3. The van der Waals surface area contributed by atoms with Gasteiger partial charge in [-0.25, -0.2) is 8.42 Å². The van der Waals surface area contributed by atoms with Crippen LogP contribution in [0.15, 0.2) is 29.2 Å². The lowest BCUT2D eigenvalue weighted by Crippen LogP contribution is -2.50. The summed E-state index contributed by atoms with van der Waals surface area (Å²) in [4.78, 5) is 17.5. The largest absolute Gasteiger partial charge is 0.342 e. The zero-order valence-electron chi connectivity index (χ0n) is 16.6. The van der Waals surface area contributed by atoms with Crippen molar-refractivity contribution < 1.29 is 13.2 Å². The van der Waals surface area contributed by atoms with Crippen molar-refractivity contribution in [2.24, 2.45) is 5.92 Å². The Bertz CT molecular complexity index is 755. The molecule has 150 valence electrons. The molecular weight excluding hydrogens is 362 g/mol. The van der Waals surface area contributed by atoms with Crippen molar-refractivity contribution in [1.29, 1.82) is 0 Å². The maximum absolute atomic E-state index is 13.0. The van der Waals surface area contributed by atoms with Gasteiger partial charge < -0.3 is 9.80 Å². The van der Waals surface area contributed by atoms with Crippen LogP contribution < -0.4 is 0 Å². The summed E-state index contributed by atoms with van der Waals surface area (Å²) in [7, 11) is 0.438. The Hall–Kier alpha value is -1.44. The van der Waals surface area contributed by atoms with Crippen LogP contribution in [0, 0.1) is 12.8 Å². The van der Waals surface area contributed by atoms with Gasteiger partial charge in [0.2, 0.25) is 15.9 Å². The number of hydrogen-bond donors (Lipinski definition) is 0. The minimum absolute atomic E-state index is 0.0911. The van der Waals surface area contributed by atoms with E-state index in [1.807, 2.05) is 31.0 Å². The predicted octanol–water partition coefficient (Wildman–Crippen LogP) is 1.95. The zero-order chi connectivity index (χ0) is 19.6. The number of hydrogen-bond acceptors (Lipinski definition) is 4. The fourth-order valence-corrected chi connectivity index (χ4v) is 5.60. The first-order valence-electron chi connectivity index (χ1n) is 9.81. The Morgan fingerprint density at radius 1 is 1.07 bits per heavy atom. The molecule has 1 aromatic carbocycles. The Kier molecular flexibility index (Phi) is 6.23. The summed E-state index contributed by atoms with van der Waals surface area (Å²) in [6, 6.07) is 7.19. The molecule has 0 unspecified atom stereocenters. The second-order valence-corrected chi connectivity index (χ2v) is 9.94. The van der Waals surface area contributed by atoms with E-state index in [9.17, 15) is 13.2 Å². The Morgan fingerprint density at radius 3 is 2.33 bits per heavy atom. The van der Waals surface area contributed by atoms with Crippen molar-refractivity contribution in [2.75, 3.05) is 40.3 Å². The average molecular weight is 394 g/mol. The fraction of sp³-hybridized carbons (Fsp3) is 0.650. The van der Waals surface area contributed by atoms with Crippen LogP contribution >= 0.6 is 0 Å². The Morgan fingerprint density at radius 2 is 1.70 bits per heavy atom. The van der Waals surface area contributed by atoms with Gasteiger partial charge in [-0.05, 0) is 64.9 Å². The molecule has 27 heavy (non-hydrogen) atoms. The predicted molar refractivity (Wildman–Crippen MR) is 106 cm³/mol. The molecule has 6 nitrogen and oxygen atoms in total. The maximum atomic E-state index is 13.0. The maximum Gasteiger partial charge on any atom is 0.243 e. The smallest absolute Gasteiger partial charge is 0.243 e.